The maximum absolute atomic E-state index is 13.0. The molecule has 0 fully saturated rings. The molecule has 4 rings (SSSR count). The molecule has 0 N–H and O–H groups in total. The molecule has 0 bridgehead atoms. The average Bonchev–Trinajstić information content (AvgIpc) is 3.25. The summed E-state index contributed by atoms with van der Waals surface area (Å²) < 4.78 is 5.37. The van der Waals surface area contributed by atoms with Crippen molar-refractivity contribution in [1.29, 1.82) is 0 Å². The van der Waals surface area contributed by atoms with E-state index < -0.39 is 17.8 Å². The largest absolute Gasteiger partial charge is 0.369 e. The minimum absolute atomic E-state index is 0.0951. The van der Waals surface area contributed by atoms with Crippen LogP contribution in [0.4, 0.5) is 0 Å². The van der Waals surface area contributed by atoms with Gasteiger partial charge < -0.3 is 9.36 Å². The summed E-state index contributed by atoms with van der Waals surface area (Å²) in [7, 11) is 0. The predicted molar refractivity (Wildman–Crippen MR) is 98.4 cm³/mol. The molecule has 0 saturated heterocycles. The summed E-state index contributed by atoms with van der Waals surface area (Å²) in [4.78, 5) is 43.1. The number of benzene rings is 2. The van der Waals surface area contributed by atoms with Gasteiger partial charge in [0.05, 0.1) is 11.1 Å². The zero-order chi connectivity index (χ0) is 19.8. The van der Waals surface area contributed by atoms with E-state index in [-0.39, 0.29) is 22.6 Å². The molecule has 7 nitrogen and oxygen atoms in total. The van der Waals surface area contributed by atoms with E-state index in [4.69, 9.17) is 9.36 Å². The van der Waals surface area contributed by atoms with E-state index in [0.29, 0.717) is 22.1 Å². The number of hydrogen-bond donors (Lipinski definition) is 0. The van der Waals surface area contributed by atoms with Crippen molar-refractivity contribution in [2.75, 3.05) is 0 Å². The standard InChI is InChI=1S/C21H16N2O5/c1-12(2)18-16(17(22-27-18)13-8-4-3-5-9-13)21(26)28-23-19(24)14-10-6-7-11-15(14)20(23)25/h3-12H,1-2H3. The molecule has 0 spiro atoms. The normalized spacial score (nSPS) is 13.2. The van der Waals surface area contributed by atoms with Crippen LogP contribution < -0.4 is 0 Å². The number of nitrogens with zero attached hydrogens (tertiary/aromatic N) is 2. The van der Waals surface area contributed by atoms with Gasteiger partial charge in [-0.25, -0.2) is 4.79 Å². The molecule has 0 saturated carbocycles. The van der Waals surface area contributed by atoms with Crippen LogP contribution in [0.15, 0.2) is 59.1 Å². The van der Waals surface area contributed by atoms with Gasteiger partial charge in [-0.05, 0) is 12.1 Å². The smallest absolute Gasteiger partial charge is 0.360 e. The first kappa shape index (κ1) is 17.7. The molecule has 1 aliphatic heterocycles. The minimum atomic E-state index is -0.877. The van der Waals surface area contributed by atoms with Crippen LogP contribution in [0, 0.1) is 0 Å². The lowest BCUT2D eigenvalue weighted by Crippen LogP contribution is -2.33. The SMILES string of the molecule is CC(C)c1onc(-c2ccccc2)c1C(=O)ON1C(=O)c2ccccc2C1=O. The third-order valence-electron chi connectivity index (χ3n) is 4.43. The Morgan fingerprint density at radius 1 is 0.964 bits per heavy atom. The van der Waals surface area contributed by atoms with Gasteiger partial charge in [-0.2, -0.15) is 0 Å². The fourth-order valence-corrected chi connectivity index (χ4v) is 3.07. The zero-order valence-corrected chi connectivity index (χ0v) is 15.2. The number of hydroxylamine groups is 2. The van der Waals surface area contributed by atoms with Gasteiger partial charge >= 0.3 is 5.97 Å². The van der Waals surface area contributed by atoms with Crippen molar-refractivity contribution in [3.8, 4) is 11.3 Å². The molecule has 3 aromatic rings. The highest BCUT2D eigenvalue weighted by atomic mass is 16.7. The number of imide groups is 1. The van der Waals surface area contributed by atoms with Gasteiger partial charge in [0.15, 0.2) is 5.76 Å². The number of carbonyl (C=O) groups is 3. The van der Waals surface area contributed by atoms with Gasteiger partial charge in [0.1, 0.15) is 11.3 Å². The van der Waals surface area contributed by atoms with E-state index in [1.54, 1.807) is 36.4 Å². The first-order valence-electron chi connectivity index (χ1n) is 8.74. The first-order valence-corrected chi connectivity index (χ1v) is 8.74. The molecule has 7 heteroatoms. The monoisotopic (exact) mass is 376 g/mol. The lowest BCUT2D eigenvalue weighted by molar-refractivity contribution is -0.0585. The van der Waals surface area contributed by atoms with Crippen molar-refractivity contribution in [3.63, 3.8) is 0 Å². The zero-order valence-electron chi connectivity index (χ0n) is 15.2. The highest BCUT2D eigenvalue weighted by Gasteiger charge is 2.40. The molecule has 1 aliphatic rings. The fraction of sp³-hybridized carbons (Fsp3) is 0.143. The van der Waals surface area contributed by atoms with Crippen LogP contribution in [0.5, 0.6) is 0 Å². The van der Waals surface area contributed by atoms with Crippen molar-refractivity contribution in [2.45, 2.75) is 19.8 Å². The quantitative estimate of drug-likeness (QED) is 0.643. The van der Waals surface area contributed by atoms with Gasteiger partial charge in [0.25, 0.3) is 11.8 Å². The number of rotatable bonds is 4. The van der Waals surface area contributed by atoms with E-state index in [2.05, 4.69) is 5.16 Å². The van der Waals surface area contributed by atoms with E-state index in [0.717, 1.165) is 0 Å². The molecule has 2 aromatic carbocycles. The lowest BCUT2D eigenvalue weighted by Gasteiger charge is -2.13. The molecule has 28 heavy (non-hydrogen) atoms. The summed E-state index contributed by atoms with van der Waals surface area (Å²) in [6.07, 6.45) is 0. The number of carbonyl (C=O) groups excluding carboxylic acids is 3. The van der Waals surface area contributed by atoms with E-state index in [1.165, 1.54) is 12.1 Å². The summed E-state index contributed by atoms with van der Waals surface area (Å²) in [5.74, 6) is -2.08. The van der Waals surface area contributed by atoms with Crippen molar-refractivity contribution in [1.82, 2.24) is 10.2 Å². The molecular formula is C21H16N2O5. The number of fused-ring (bicyclic) bond motifs is 1. The Kier molecular flexibility index (Phi) is 4.27. The second-order valence-electron chi connectivity index (χ2n) is 6.62. The highest BCUT2D eigenvalue weighted by Crippen LogP contribution is 2.31. The average molecular weight is 376 g/mol. The number of amides is 2. The van der Waals surface area contributed by atoms with E-state index in [1.807, 2.05) is 19.9 Å². The van der Waals surface area contributed by atoms with Crippen molar-refractivity contribution >= 4 is 17.8 Å². The highest BCUT2D eigenvalue weighted by molar-refractivity contribution is 6.21. The van der Waals surface area contributed by atoms with Gasteiger partial charge in [-0.1, -0.05) is 66.5 Å². The van der Waals surface area contributed by atoms with Crippen molar-refractivity contribution < 1.29 is 23.7 Å². The van der Waals surface area contributed by atoms with Gasteiger partial charge in [-0.3, -0.25) is 9.59 Å². The van der Waals surface area contributed by atoms with Crippen LogP contribution in [-0.4, -0.2) is 28.0 Å². The topological polar surface area (TPSA) is 89.7 Å². The second kappa shape index (κ2) is 6.77. The summed E-state index contributed by atoms with van der Waals surface area (Å²) >= 11 is 0. The van der Waals surface area contributed by atoms with Gasteiger partial charge in [0, 0.05) is 11.5 Å². The Morgan fingerprint density at radius 3 is 2.11 bits per heavy atom. The van der Waals surface area contributed by atoms with Crippen molar-refractivity contribution in [3.05, 3.63) is 77.0 Å². The molecular weight excluding hydrogens is 360 g/mol. The third kappa shape index (κ3) is 2.77. The van der Waals surface area contributed by atoms with Crippen LogP contribution in [0.2, 0.25) is 0 Å². The molecule has 0 unspecified atom stereocenters. The van der Waals surface area contributed by atoms with Gasteiger partial charge in [0.2, 0.25) is 0 Å². The minimum Gasteiger partial charge on any atom is -0.360 e. The number of hydrogen-bond acceptors (Lipinski definition) is 6. The van der Waals surface area contributed by atoms with Crippen LogP contribution in [-0.2, 0) is 4.84 Å². The van der Waals surface area contributed by atoms with E-state index >= 15 is 0 Å². The molecule has 2 amide bonds. The molecule has 0 atom stereocenters. The Labute approximate surface area is 160 Å². The molecule has 140 valence electrons. The lowest BCUT2D eigenvalue weighted by atomic mass is 10.0. The maximum Gasteiger partial charge on any atom is 0.369 e. The van der Waals surface area contributed by atoms with Crippen LogP contribution in [0.3, 0.4) is 0 Å². The summed E-state index contributed by atoms with van der Waals surface area (Å²) in [6.45, 7) is 3.68. The third-order valence-corrected chi connectivity index (χ3v) is 4.43. The van der Waals surface area contributed by atoms with Crippen LogP contribution >= 0.6 is 0 Å². The number of aromatic nitrogens is 1. The molecule has 1 aromatic heterocycles. The second-order valence-corrected chi connectivity index (χ2v) is 6.62. The maximum atomic E-state index is 13.0. The summed E-state index contributed by atoms with van der Waals surface area (Å²) in [5.41, 5.74) is 1.44. The Balaban J connectivity index is 1.71. The molecule has 0 radical (unpaired) electrons. The van der Waals surface area contributed by atoms with Crippen molar-refractivity contribution in [2.24, 2.45) is 0 Å². The van der Waals surface area contributed by atoms with Crippen LogP contribution in [0.1, 0.15) is 56.6 Å². The van der Waals surface area contributed by atoms with Gasteiger partial charge in [-0.15, -0.1) is 0 Å². The van der Waals surface area contributed by atoms with Crippen LogP contribution in [0.25, 0.3) is 11.3 Å². The molecule has 0 aliphatic carbocycles. The van der Waals surface area contributed by atoms with E-state index in [9.17, 15) is 14.4 Å². The Morgan fingerprint density at radius 2 is 1.54 bits per heavy atom. The summed E-state index contributed by atoms with van der Waals surface area (Å²) in [6, 6.07) is 15.3. The molecule has 2 heterocycles. The Bertz CT molecular complexity index is 1050. The summed E-state index contributed by atoms with van der Waals surface area (Å²) in [5, 5.41) is 4.50. The predicted octanol–water partition coefficient (Wildman–Crippen LogP) is 3.83. The first-order chi connectivity index (χ1) is 13.5. The Hall–Kier alpha value is -3.74. The fourth-order valence-electron chi connectivity index (χ4n) is 3.07.